The number of benzene rings is 1. The monoisotopic (exact) mass is 339 g/mol. The number of hydrogen-bond donors (Lipinski definition) is 1. The molecule has 1 atom stereocenters. The molecule has 2 heterocycles. The van der Waals surface area contributed by atoms with E-state index in [0.717, 1.165) is 4.90 Å². The molecule has 1 aromatic carbocycles. The van der Waals surface area contributed by atoms with Gasteiger partial charge in [0.2, 0.25) is 5.91 Å². The number of anilines is 1. The number of para-hydroxylation sites is 1. The molecule has 3 rings (SSSR count). The molecule has 1 aliphatic heterocycles. The summed E-state index contributed by atoms with van der Waals surface area (Å²) in [7, 11) is 0. The summed E-state index contributed by atoms with van der Waals surface area (Å²) in [5, 5.41) is 2.24. The van der Waals surface area contributed by atoms with Crippen LogP contribution >= 0.6 is 0 Å². The fourth-order valence-corrected chi connectivity index (χ4v) is 2.68. The first-order valence-electron chi connectivity index (χ1n) is 7.91. The van der Waals surface area contributed by atoms with E-state index >= 15 is 0 Å². The van der Waals surface area contributed by atoms with Crippen LogP contribution in [-0.2, 0) is 16.1 Å². The van der Waals surface area contributed by atoms with Crippen molar-refractivity contribution >= 4 is 29.2 Å². The van der Waals surface area contributed by atoms with Gasteiger partial charge in [-0.15, -0.1) is 0 Å². The third kappa shape index (κ3) is 3.35. The van der Waals surface area contributed by atoms with Gasteiger partial charge < -0.3 is 4.42 Å². The second-order valence-electron chi connectivity index (χ2n) is 5.48. The number of carbonyl (C=O) groups is 3. The molecule has 1 saturated heterocycles. The number of amides is 4. The topological polar surface area (TPSA) is 92.0 Å². The molecule has 0 spiro atoms. The molecule has 7 nitrogen and oxygen atoms in total. The maximum Gasteiger partial charge on any atom is 0.335 e. The zero-order chi connectivity index (χ0) is 17.8. The van der Waals surface area contributed by atoms with Crippen molar-refractivity contribution in [1.82, 2.24) is 5.32 Å². The smallest absolute Gasteiger partial charge is 0.335 e. The van der Waals surface area contributed by atoms with Gasteiger partial charge in [-0.05, 0) is 30.7 Å². The van der Waals surface area contributed by atoms with Crippen molar-refractivity contribution in [1.29, 1.82) is 0 Å². The minimum Gasteiger partial charge on any atom is -0.467 e. The Morgan fingerprint density at radius 3 is 2.56 bits per heavy atom. The van der Waals surface area contributed by atoms with Crippen molar-refractivity contribution in [3.05, 3.63) is 54.5 Å². The van der Waals surface area contributed by atoms with E-state index in [1.807, 2.05) is 6.92 Å². The lowest BCUT2D eigenvalue weighted by Gasteiger charge is -2.30. The summed E-state index contributed by atoms with van der Waals surface area (Å²) in [6.45, 7) is 2.04. The quantitative estimate of drug-likeness (QED) is 0.669. The van der Waals surface area contributed by atoms with Crippen molar-refractivity contribution in [3.63, 3.8) is 0 Å². The van der Waals surface area contributed by atoms with Crippen LogP contribution in [0.1, 0.15) is 19.1 Å². The molecule has 1 fully saturated rings. The number of nitrogens with one attached hydrogen (secondary N) is 1. The van der Waals surface area contributed by atoms with Crippen LogP contribution in [0.25, 0.3) is 0 Å². The first-order chi connectivity index (χ1) is 12.1. The number of rotatable bonds is 5. The van der Waals surface area contributed by atoms with E-state index in [0.29, 0.717) is 23.6 Å². The third-order valence-corrected chi connectivity index (χ3v) is 3.89. The molecule has 0 radical (unpaired) electrons. The van der Waals surface area contributed by atoms with Gasteiger partial charge in [-0.25, -0.2) is 9.69 Å². The van der Waals surface area contributed by atoms with Gasteiger partial charge >= 0.3 is 6.03 Å². The van der Waals surface area contributed by atoms with Crippen molar-refractivity contribution in [2.75, 3.05) is 4.90 Å². The number of nitrogens with zero attached hydrogens (tertiary/aromatic N) is 2. The van der Waals surface area contributed by atoms with Crippen LogP contribution < -0.4 is 10.2 Å². The summed E-state index contributed by atoms with van der Waals surface area (Å²) in [5.41, 5.74) is 0.816. The number of carbonyl (C=O) groups excluding carboxylic acids is 3. The minimum atomic E-state index is -1.13. The lowest BCUT2D eigenvalue weighted by molar-refractivity contribution is -0.131. The average Bonchev–Trinajstić information content (AvgIpc) is 3.12. The number of hydrogen-bond acceptors (Lipinski definition) is 5. The van der Waals surface area contributed by atoms with E-state index in [9.17, 15) is 14.4 Å². The number of aliphatic imine (C=N–C) groups is 1. The summed E-state index contributed by atoms with van der Waals surface area (Å²) in [4.78, 5) is 42.6. The SMILES string of the molecule is CCC(=NCc1ccco1)C1C(=O)NC(=O)N(c2ccccc2)C1=O. The largest absolute Gasteiger partial charge is 0.467 e. The standard InChI is InChI=1S/C18H17N3O4/c1-2-14(19-11-13-9-6-10-25-13)15-16(22)20-18(24)21(17(15)23)12-7-4-3-5-8-12/h3-10,15H,2,11H2,1H3,(H,20,22,24). The summed E-state index contributed by atoms with van der Waals surface area (Å²) in [5.74, 6) is -1.74. The summed E-state index contributed by atoms with van der Waals surface area (Å²) >= 11 is 0. The fourth-order valence-electron chi connectivity index (χ4n) is 2.68. The summed E-state index contributed by atoms with van der Waals surface area (Å²) in [6.07, 6.45) is 1.94. The van der Waals surface area contributed by atoms with Crippen molar-refractivity contribution < 1.29 is 18.8 Å². The Bertz CT molecular complexity index is 812. The lowest BCUT2D eigenvalue weighted by atomic mass is 9.96. The Kier molecular flexibility index (Phi) is 4.74. The van der Waals surface area contributed by atoms with E-state index in [-0.39, 0.29) is 6.54 Å². The number of barbiturate groups is 1. The van der Waals surface area contributed by atoms with Crippen molar-refractivity contribution in [3.8, 4) is 0 Å². The van der Waals surface area contributed by atoms with Crippen molar-refractivity contribution in [2.24, 2.45) is 10.9 Å². The molecule has 2 aromatic rings. The van der Waals surface area contributed by atoms with Gasteiger partial charge in [0.05, 0.1) is 18.5 Å². The molecule has 1 aromatic heterocycles. The predicted octanol–water partition coefficient (Wildman–Crippen LogP) is 2.53. The van der Waals surface area contributed by atoms with Gasteiger partial charge in [0, 0.05) is 5.71 Å². The van der Waals surface area contributed by atoms with Crippen LogP contribution in [0.4, 0.5) is 10.5 Å². The van der Waals surface area contributed by atoms with Crippen LogP contribution in [0, 0.1) is 5.92 Å². The van der Waals surface area contributed by atoms with Gasteiger partial charge in [0.1, 0.15) is 5.76 Å². The van der Waals surface area contributed by atoms with Gasteiger partial charge in [0.25, 0.3) is 5.91 Å². The molecular formula is C18H17N3O4. The van der Waals surface area contributed by atoms with Gasteiger partial charge in [0.15, 0.2) is 5.92 Å². The molecule has 1 N–H and O–H groups in total. The molecule has 128 valence electrons. The molecular weight excluding hydrogens is 322 g/mol. The van der Waals surface area contributed by atoms with E-state index in [1.54, 1.807) is 42.5 Å². The van der Waals surface area contributed by atoms with Crippen LogP contribution in [0.3, 0.4) is 0 Å². The second-order valence-corrected chi connectivity index (χ2v) is 5.48. The first-order valence-corrected chi connectivity index (χ1v) is 7.91. The molecule has 25 heavy (non-hydrogen) atoms. The number of imide groups is 2. The highest BCUT2D eigenvalue weighted by Gasteiger charge is 2.43. The van der Waals surface area contributed by atoms with Crippen LogP contribution in [0.2, 0.25) is 0 Å². The summed E-state index contributed by atoms with van der Waals surface area (Å²) in [6, 6.07) is 11.2. The average molecular weight is 339 g/mol. The van der Waals surface area contributed by atoms with E-state index in [2.05, 4.69) is 10.3 Å². The zero-order valence-electron chi connectivity index (χ0n) is 13.6. The molecule has 0 bridgehead atoms. The highest BCUT2D eigenvalue weighted by Crippen LogP contribution is 2.22. The van der Waals surface area contributed by atoms with Gasteiger partial charge in [-0.1, -0.05) is 25.1 Å². The Balaban J connectivity index is 1.90. The van der Waals surface area contributed by atoms with Crippen LogP contribution in [-0.4, -0.2) is 23.6 Å². The Morgan fingerprint density at radius 2 is 1.92 bits per heavy atom. The van der Waals surface area contributed by atoms with Gasteiger partial charge in [-0.3, -0.25) is 19.9 Å². The predicted molar refractivity (Wildman–Crippen MR) is 91.1 cm³/mol. The fraction of sp³-hybridized carbons (Fsp3) is 0.222. The number of urea groups is 1. The minimum absolute atomic E-state index is 0.229. The van der Waals surface area contributed by atoms with Crippen LogP contribution in [0.15, 0.2) is 58.1 Å². The molecule has 0 saturated carbocycles. The van der Waals surface area contributed by atoms with E-state index in [1.165, 1.54) is 6.26 Å². The maximum atomic E-state index is 12.8. The third-order valence-electron chi connectivity index (χ3n) is 3.89. The van der Waals surface area contributed by atoms with Crippen LogP contribution in [0.5, 0.6) is 0 Å². The Labute approximate surface area is 144 Å². The highest BCUT2D eigenvalue weighted by molar-refractivity contribution is 6.35. The summed E-state index contributed by atoms with van der Waals surface area (Å²) < 4.78 is 5.22. The molecule has 4 amide bonds. The molecule has 7 heteroatoms. The Hall–Kier alpha value is -3.22. The number of furan rings is 1. The molecule has 1 aliphatic rings. The zero-order valence-corrected chi connectivity index (χ0v) is 13.6. The Morgan fingerprint density at radius 1 is 1.16 bits per heavy atom. The van der Waals surface area contributed by atoms with Gasteiger partial charge in [-0.2, -0.15) is 0 Å². The first kappa shape index (κ1) is 16.6. The van der Waals surface area contributed by atoms with E-state index in [4.69, 9.17) is 4.42 Å². The van der Waals surface area contributed by atoms with E-state index < -0.39 is 23.8 Å². The molecule has 1 unspecified atom stereocenters. The lowest BCUT2D eigenvalue weighted by Crippen LogP contribution is -2.60. The maximum absolute atomic E-state index is 12.8. The molecule has 0 aliphatic carbocycles. The van der Waals surface area contributed by atoms with Crippen molar-refractivity contribution in [2.45, 2.75) is 19.9 Å². The normalized spacial score (nSPS) is 18.4. The second kappa shape index (κ2) is 7.12. The highest BCUT2D eigenvalue weighted by atomic mass is 16.3.